The molecular formula is C6H9N3O2. The van der Waals surface area contributed by atoms with Crippen molar-refractivity contribution >= 4 is 18.5 Å². The highest BCUT2D eigenvalue weighted by Crippen LogP contribution is 2.01. The summed E-state index contributed by atoms with van der Waals surface area (Å²) in [5.41, 5.74) is 5.26. The first-order chi connectivity index (χ1) is 5.20. The van der Waals surface area contributed by atoms with Gasteiger partial charge in [-0.1, -0.05) is 0 Å². The highest BCUT2D eigenvalue weighted by atomic mass is 16.4. The van der Waals surface area contributed by atoms with Crippen LogP contribution in [-0.4, -0.2) is 35.7 Å². The SMILES string of the molecule is N[C@@H](CC1C=NC=N1)C(=O)O. The van der Waals surface area contributed by atoms with Crippen LogP contribution in [0.3, 0.4) is 0 Å². The van der Waals surface area contributed by atoms with Crippen LogP contribution >= 0.6 is 0 Å². The van der Waals surface area contributed by atoms with Gasteiger partial charge in [-0.15, -0.1) is 0 Å². The minimum absolute atomic E-state index is 0.152. The van der Waals surface area contributed by atoms with Crippen LogP contribution in [0.25, 0.3) is 0 Å². The normalized spacial score (nSPS) is 23.9. The monoisotopic (exact) mass is 155 g/mol. The van der Waals surface area contributed by atoms with Crippen LogP contribution in [-0.2, 0) is 4.79 Å². The van der Waals surface area contributed by atoms with E-state index >= 15 is 0 Å². The fraction of sp³-hybridized carbons (Fsp3) is 0.500. The first-order valence-corrected chi connectivity index (χ1v) is 3.23. The number of aliphatic imine (C=N–C) groups is 2. The van der Waals surface area contributed by atoms with Crippen LogP contribution in [0.5, 0.6) is 0 Å². The van der Waals surface area contributed by atoms with E-state index in [9.17, 15) is 4.79 Å². The standard InChI is InChI=1S/C6H9N3O2/c7-5(6(10)11)1-4-2-8-3-9-4/h2-5H,1,7H2,(H,10,11)/t4?,5-/m0/s1. The molecule has 1 heterocycles. The molecule has 2 atom stereocenters. The van der Waals surface area contributed by atoms with Gasteiger partial charge in [-0.2, -0.15) is 0 Å². The van der Waals surface area contributed by atoms with Crippen LogP contribution < -0.4 is 5.73 Å². The Hall–Kier alpha value is -1.23. The Labute approximate surface area is 63.6 Å². The third kappa shape index (κ3) is 2.12. The molecule has 0 spiro atoms. The van der Waals surface area contributed by atoms with Crippen LogP contribution in [0.1, 0.15) is 6.42 Å². The first-order valence-electron chi connectivity index (χ1n) is 3.23. The van der Waals surface area contributed by atoms with Crippen molar-refractivity contribution < 1.29 is 9.90 Å². The molecule has 0 aromatic carbocycles. The third-order valence-electron chi connectivity index (χ3n) is 1.40. The summed E-state index contributed by atoms with van der Waals surface area (Å²) in [5.74, 6) is -1.000. The van der Waals surface area contributed by atoms with Crippen LogP contribution in [0.4, 0.5) is 0 Å². The molecule has 0 saturated carbocycles. The summed E-state index contributed by atoms with van der Waals surface area (Å²) in [4.78, 5) is 17.8. The van der Waals surface area contributed by atoms with Crippen molar-refractivity contribution in [1.29, 1.82) is 0 Å². The lowest BCUT2D eigenvalue weighted by molar-refractivity contribution is -0.138. The number of nitrogens with two attached hydrogens (primary N) is 1. The van der Waals surface area contributed by atoms with Gasteiger partial charge in [0.05, 0.1) is 6.04 Å². The molecule has 3 N–H and O–H groups in total. The van der Waals surface area contributed by atoms with Gasteiger partial charge in [0, 0.05) is 12.6 Å². The quantitative estimate of drug-likeness (QED) is 0.563. The van der Waals surface area contributed by atoms with Crippen molar-refractivity contribution in [1.82, 2.24) is 0 Å². The minimum atomic E-state index is -1.000. The maximum Gasteiger partial charge on any atom is 0.320 e. The lowest BCUT2D eigenvalue weighted by Gasteiger charge is -2.06. The summed E-state index contributed by atoms with van der Waals surface area (Å²) < 4.78 is 0. The molecule has 1 aliphatic rings. The predicted octanol–water partition coefficient (Wildman–Crippen LogP) is -0.730. The number of nitrogens with zero attached hydrogens (tertiary/aromatic N) is 2. The van der Waals surface area contributed by atoms with Crippen molar-refractivity contribution in [3.63, 3.8) is 0 Å². The van der Waals surface area contributed by atoms with Gasteiger partial charge in [0.2, 0.25) is 0 Å². The van der Waals surface area contributed by atoms with Crippen LogP contribution in [0, 0.1) is 0 Å². The maximum atomic E-state index is 10.3. The van der Waals surface area contributed by atoms with Crippen molar-refractivity contribution in [2.45, 2.75) is 18.5 Å². The van der Waals surface area contributed by atoms with Gasteiger partial charge in [-0.25, -0.2) is 4.99 Å². The first kappa shape index (κ1) is 7.87. The molecule has 0 radical (unpaired) electrons. The van der Waals surface area contributed by atoms with Gasteiger partial charge >= 0.3 is 5.97 Å². The van der Waals surface area contributed by atoms with E-state index in [0.29, 0.717) is 6.42 Å². The average Bonchev–Trinajstić information content (AvgIpc) is 2.39. The lowest BCUT2D eigenvalue weighted by Crippen LogP contribution is -2.33. The van der Waals surface area contributed by atoms with Gasteiger partial charge in [-0.3, -0.25) is 9.79 Å². The second-order valence-corrected chi connectivity index (χ2v) is 2.31. The zero-order valence-electron chi connectivity index (χ0n) is 5.84. The second-order valence-electron chi connectivity index (χ2n) is 2.31. The van der Waals surface area contributed by atoms with E-state index in [1.807, 2.05) is 0 Å². The Bertz CT molecular complexity index is 200. The topological polar surface area (TPSA) is 88.0 Å². The molecule has 0 amide bonds. The number of carboxylic acid groups (broad SMARTS) is 1. The summed E-state index contributed by atoms with van der Waals surface area (Å²) in [6.07, 6.45) is 3.30. The van der Waals surface area contributed by atoms with E-state index in [1.165, 1.54) is 6.34 Å². The Morgan fingerprint density at radius 3 is 3.00 bits per heavy atom. The fourth-order valence-corrected chi connectivity index (χ4v) is 0.783. The van der Waals surface area contributed by atoms with E-state index in [4.69, 9.17) is 10.8 Å². The van der Waals surface area contributed by atoms with E-state index < -0.39 is 12.0 Å². The molecule has 0 aliphatic carbocycles. The summed E-state index contributed by atoms with van der Waals surface area (Å²) in [7, 11) is 0. The smallest absolute Gasteiger partial charge is 0.320 e. The Balaban J connectivity index is 2.36. The molecule has 5 nitrogen and oxygen atoms in total. The second kappa shape index (κ2) is 3.25. The molecule has 1 unspecified atom stereocenters. The third-order valence-corrected chi connectivity index (χ3v) is 1.40. The average molecular weight is 155 g/mol. The zero-order valence-corrected chi connectivity index (χ0v) is 5.84. The van der Waals surface area contributed by atoms with Crippen molar-refractivity contribution in [2.24, 2.45) is 15.7 Å². The number of aliphatic carboxylic acids is 1. The van der Waals surface area contributed by atoms with Crippen LogP contribution in [0.15, 0.2) is 9.98 Å². The highest BCUT2D eigenvalue weighted by molar-refractivity contribution is 5.83. The summed E-state index contributed by atoms with van der Waals surface area (Å²) >= 11 is 0. The molecule has 60 valence electrons. The van der Waals surface area contributed by atoms with Gasteiger partial charge in [0.25, 0.3) is 0 Å². The van der Waals surface area contributed by atoms with Gasteiger partial charge in [-0.05, 0) is 0 Å². The molecule has 0 bridgehead atoms. The van der Waals surface area contributed by atoms with Crippen molar-refractivity contribution in [3.05, 3.63) is 0 Å². The highest BCUT2D eigenvalue weighted by Gasteiger charge is 2.17. The zero-order chi connectivity index (χ0) is 8.27. The van der Waals surface area contributed by atoms with E-state index in [1.54, 1.807) is 6.21 Å². The maximum absolute atomic E-state index is 10.3. The number of rotatable bonds is 3. The molecule has 0 saturated heterocycles. The fourth-order valence-electron chi connectivity index (χ4n) is 0.783. The largest absolute Gasteiger partial charge is 0.480 e. The molecule has 0 aromatic rings. The van der Waals surface area contributed by atoms with Gasteiger partial charge in [0.15, 0.2) is 0 Å². The Morgan fingerprint density at radius 1 is 1.82 bits per heavy atom. The van der Waals surface area contributed by atoms with Gasteiger partial charge < -0.3 is 10.8 Å². The number of hydrogen-bond donors (Lipinski definition) is 2. The van der Waals surface area contributed by atoms with Gasteiger partial charge in [0.1, 0.15) is 12.4 Å². The van der Waals surface area contributed by atoms with Crippen molar-refractivity contribution in [2.75, 3.05) is 0 Å². The molecule has 0 fully saturated rings. The molecule has 1 aliphatic heterocycles. The Kier molecular flexibility index (Phi) is 2.32. The van der Waals surface area contributed by atoms with E-state index in [2.05, 4.69) is 9.98 Å². The molecule has 0 aromatic heterocycles. The lowest BCUT2D eigenvalue weighted by atomic mass is 10.1. The molecule has 1 rings (SSSR count). The minimum Gasteiger partial charge on any atom is -0.480 e. The predicted molar refractivity (Wildman–Crippen MR) is 41.0 cm³/mol. The van der Waals surface area contributed by atoms with Crippen molar-refractivity contribution in [3.8, 4) is 0 Å². The Morgan fingerprint density at radius 2 is 2.55 bits per heavy atom. The molecule has 5 heteroatoms. The number of hydrogen-bond acceptors (Lipinski definition) is 4. The van der Waals surface area contributed by atoms with E-state index in [0.717, 1.165) is 0 Å². The van der Waals surface area contributed by atoms with E-state index in [-0.39, 0.29) is 6.04 Å². The summed E-state index contributed by atoms with van der Waals surface area (Å²) in [6, 6.07) is -0.997. The number of carboxylic acids is 1. The van der Waals surface area contributed by atoms with Crippen LogP contribution in [0.2, 0.25) is 0 Å². The number of carbonyl (C=O) groups is 1. The summed E-state index contributed by atoms with van der Waals surface area (Å²) in [5, 5.41) is 8.42. The molecule has 11 heavy (non-hydrogen) atoms. The summed E-state index contributed by atoms with van der Waals surface area (Å²) in [6.45, 7) is 0. The molecular weight excluding hydrogens is 146 g/mol.